The third-order valence-corrected chi connectivity index (χ3v) is 12.4. The van der Waals surface area contributed by atoms with E-state index in [1.54, 1.807) is 0 Å². The number of hydrogen-bond acceptors (Lipinski definition) is 0. The first kappa shape index (κ1) is 33.4. The molecule has 274 valence electrons. The number of fused-ring (bicyclic) bond motifs is 9. The third-order valence-electron chi connectivity index (χ3n) is 12.4. The lowest BCUT2D eigenvalue weighted by atomic mass is 9.88. The molecule has 0 saturated carbocycles. The summed E-state index contributed by atoms with van der Waals surface area (Å²) < 4.78 is 2.37. The second-order valence-corrected chi connectivity index (χ2v) is 15.7. The summed E-state index contributed by atoms with van der Waals surface area (Å²) in [7, 11) is 0. The van der Waals surface area contributed by atoms with Gasteiger partial charge in [-0.3, -0.25) is 0 Å². The largest absolute Gasteiger partial charge is 0.309 e. The fourth-order valence-electron chi connectivity index (χ4n) is 9.51. The van der Waals surface area contributed by atoms with Crippen LogP contribution in [-0.4, -0.2) is 4.57 Å². The Bertz CT molecular complexity index is 3580. The van der Waals surface area contributed by atoms with Crippen molar-refractivity contribution in [3.8, 4) is 50.2 Å². The average Bonchev–Trinajstić information content (AvgIpc) is 3.65. The topological polar surface area (TPSA) is 4.93 Å². The van der Waals surface area contributed by atoms with E-state index in [0.29, 0.717) is 0 Å². The van der Waals surface area contributed by atoms with Gasteiger partial charge in [-0.1, -0.05) is 170 Å². The fraction of sp³-hybridized carbons (Fsp3) is 0. The molecule has 0 unspecified atom stereocenters. The summed E-state index contributed by atoms with van der Waals surface area (Å²) in [5.41, 5.74) is 13.4. The summed E-state index contributed by atoms with van der Waals surface area (Å²) in [5, 5.41) is 12.7. The molecule has 0 radical (unpaired) electrons. The summed E-state index contributed by atoms with van der Waals surface area (Å²) in [4.78, 5) is 0. The smallest absolute Gasteiger partial charge is 0.0541 e. The van der Waals surface area contributed by atoms with Crippen LogP contribution in [-0.2, 0) is 0 Å². The Morgan fingerprint density at radius 1 is 0.220 bits per heavy atom. The first-order valence-electron chi connectivity index (χ1n) is 20.4. The predicted octanol–water partition coefficient (Wildman–Crippen LogP) is 16.1. The molecule has 59 heavy (non-hydrogen) atoms. The Morgan fingerprint density at radius 3 is 1.47 bits per heavy atom. The lowest BCUT2D eigenvalue weighted by molar-refractivity contribution is 1.18. The molecule has 1 heteroatoms. The number of para-hydroxylation sites is 2. The van der Waals surface area contributed by atoms with Crippen molar-refractivity contribution in [2.24, 2.45) is 0 Å². The third kappa shape index (κ3) is 5.47. The van der Waals surface area contributed by atoms with Gasteiger partial charge in [0.15, 0.2) is 0 Å². The summed E-state index contributed by atoms with van der Waals surface area (Å²) in [6.07, 6.45) is 0. The molecule has 0 amide bonds. The quantitative estimate of drug-likeness (QED) is 0.155. The summed E-state index contributed by atoms with van der Waals surface area (Å²) in [6, 6.07) is 82.6. The molecule has 1 heterocycles. The Balaban J connectivity index is 0.992. The van der Waals surface area contributed by atoms with Crippen molar-refractivity contribution in [2.75, 3.05) is 0 Å². The van der Waals surface area contributed by atoms with Crippen LogP contribution in [0.15, 0.2) is 224 Å². The van der Waals surface area contributed by atoms with Gasteiger partial charge < -0.3 is 4.57 Å². The molecule has 1 aromatic heterocycles. The molecule has 12 aromatic rings. The molecule has 0 aliphatic carbocycles. The molecule has 0 fully saturated rings. The van der Waals surface area contributed by atoms with Gasteiger partial charge in [-0.2, -0.15) is 0 Å². The first-order chi connectivity index (χ1) is 29.2. The maximum atomic E-state index is 2.42. The summed E-state index contributed by atoms with van der Waals surface area (Å²) in [5.74, 6) is 0. The van der Waals surface area contributed by atoms with Crippen LogP contribution >= 0.6 is 0 Å². The predicted molar refractivity (Wildman–Crippen MR) is 253 cm³/mol. The second kappa shape index (κ2) is 13.4. The number of rotatable bonds is 5. The molecule has 0 aliphatic heterocycles. The van der Waals surface area contributed by atoms with E-state index in [9.17, 15) is 0 Å². The van der Waals surface area contributed by atoms with Crippen molar-refractivity contribution in [3.05, 3.63) is 224 Å². The number of aromatic nitrogens is 1. The minimum absolute atomic E-state index is 1.17. The van der Waals surface area contributed by atoms with Gasteiger partial charge in [-0.25, -0.2) is 0 Å². The van der Waals surface area contributed by atoms with Gasteiger partial charge in [0.25, 0.3) is 0 Å². The van der Waals surface area contributed by atoms with Crippen LogP contribution in [0.25, 0.3) is 115 Å². The molecule has 0 atom stereocenters. The Kier molecular flexibility index (Phi) is 7.61. The Labute approximate surface area is 342 Å². The van der Waals surface area contributed by atoms with Gasteiger partial charge in [0.1, 0.15) is 0 Å². The lowest BCUT2D eigenvalue weighted by Gasteiger charge is -2.15. The molecule has 0 bridgehead atoms. The highest BCUT2D eigenvalue weighted by Crippen LogP contribution is 2.42. The standard InChI is InChI=1S/C58H37N/c1-3-13-40(14-4-1)52-36-45-28-27-44(53-35-43-15-7-8-18-47(43)48-19-9-10-20-49(48)53)37-54(45)55-33-41(29-31-50(52)55)38-23-25-39(26-24-38)42-30-32-58-56(34-42)51-21-11-12-22-57(51)59(58)46-16-5-2-6-17-46/h1-37H. The molecular weight excluding hydrogens is 711 g/mol. The van der Waals surface area contributed by atoms with Gasteiger partial charge in [-0.05, 0) is 142 Å². The van der Waals surface area contributed by atoms with E-state index in [1.165, 1.54) is 115 Å². The van der Waals surface area contributed by atoms with E-state index in [-0.39, 0.29) is 0 Å². The summed E-state index contributed by atoms with van der Waals surface area (Å²) >= 11 is 0. The van der Waals surface area contributed by atoms with Crippen molar-refractivity contribution in [1.82, 2.24) is 4.57 Å². The fourth-order valence-corrected chi connectivity index (χ4v) is 9.51. The minimum atomic E-state index is 1.17. The van der Waals surface area contributed by atoms with E-state index in [1.807, 2.05) is 0 Å². The summed E-state index contributed by atoms with van der Waals surface area (Å²) in [6.45, 7) is 0. The normalized spacial score (nSPS) is 11.7. The van der Waals surface area contributed by atoms with Gasteiger partial charge >= 0.3 is 0 Å². The first-order valence-corrected chi connectivity index (χ1v) is 20.4. The maximum absolute atomic E-state index is 2.42. The molecule has 0 N–H and O–H groups in total. The zero-order valence-electron chi connectivity index (χ0n) is 32.3. The van der Waals surface area contributed by atoms with Crippen LogP contribution in [0.5, 0.6) is 0 Å². The van der Waals surface area contributed by atoms with E-state index in [0.717, 1.165) is 0 Å². The van der Waals surface area contributed by atoms with Crippen LogP contribution in [0.4, 0.5) is 0 Å². The van der Waals surface area contributed by atoms with Crippen LogP contribution in [0.3, 0.4) is 0 Å². The number of nitrogens with zero attached hydrogens (tertiary/aromatic N) is 1. The monoisotopic (exact) mass is 747 g/mol. The van der Waals surface area contributed by atoms with Crippen molar-refractivity contribution >= 4 is 64.9 Å². The highest BCUT2D eigenvalue weighted by Gasteiger charge is 2.16. The van der Waals surface area contributed by atoms with Crippen LogP contribution in [0.2, 0.25) is 0 Å². The van der Waals surface area contributed by atoms with Crippen LogP contribution in [0, 0.1) is 0 Å². The molecule has 11 aromatic carbocycles. The highest BCUT2D eigenvalue weighted by atomic mass is 15.0. The van der Waals surface area contributed by atoms with Gasteiger partial charge in [0, 0.05) is 16.5 Å². The van der Waals surface area contributed by atoms with E-state index in [4.69, 9.17) is 0 Å². The van der Waals surface area contributed by atoms with E-state index >= 15 is 0 Å². The lowest BCUT2D eigenvalue weighted by Crippen LogP contribution is -1.92. The van der Waals surface area contributed by atoms with Crippen molar-refractivity contribution in [1.29, 1.82) is 0 Å². The second-order valence-electron chi connectivity index (χ2n) is 15.7. The van der Waals surface area contributed by atoms with E-state index in [2.05, 4.69) is 229 Å². The number of hydrogen-bond donors (Lipinski definition) is 0. The van der Waals surface area contributed by atoms with Gasteiger partial charge in [-0.15, -0.1) is 0 Å². The molecule has 1 nitrogen and oxygen atoms in total. The van der Waals surface area contributed by atoms with Gasteiger partial charge in [0.2, 0.25) is 0 Å². The van der Waals surface area contributed by atoms with Crippen LogP contribution in [0.1, 0.15) is 0 Å². The zero-order valence-corrected chi connectivity index (χ0v) is 32.3. The Hall–Kier alpha value is -7.74. The SMILES string of the molecule is c1ccc(-c2cc3ccc(-c4cc5ccccc5c5ccccc45)cc3c3cc(-c4ccc(-c5ccc6c(c5)c5ccccc5n6-c5ccccc5)cc4)ccc23)cc1. The molecular formula is C58H37N. The molecule has 0 aliphatic rings. The average molecular weight is 748 g/mol. The Morgan fingerprint density at radius 2 is 0.712 bits per heavy atom. The van der Waals surface area contributed by atoms with Crippen molar-refractivity contribution < 1.29 is 0 Å². The molecule has 0 spiro atoms. The highest BCUT2D eigenvalue weighted by molar-refractivity contribution is 6.18. The van der Waals surface area contributed by atoms with Crippen molar-refractivity contribution in [2.45, 2.75) is 0 Å². The molecule has 0 saturated heterocycles. The van der Waals surface area contributed by atoms with Gasteiger partial charge in [0.05, 0.1) is 11.0 Å². The minimum Gasteiger partial charge on any atom is -0.309 e. The van der Waals surface area contributed by atoms with Crippen molar-refractivity contribution in [3.63, 3.8) is 0 Å². The zero-order chi connectivity index (χ0) is 38.9. The maximum Gasteiger partial charge on any atom is 0.0541 e. The number of benzene rings is 11. The van der Waals surface area contributed by atoms with Crippen LogP contribution < -0.4 is 0 Å². The van der Waals surface area contributed by atoms with E-state index < -0.39 is 0 Å². The molecule has 12 rings (SSSR count).